The summed E-state index contributed by atoms with van der Waals surface area (Å²) in [6.07, 6.45) is 13.4. The van der Waals surface area contributed by atoms with Gasteiger partial charge in [0, 0.05) is 48.8 Å². The lowest BCUT2D eigenvalue weighted by Gasteiger charge is -2.55. The maximum Gasteiger partial charge on any atom is 0.410 e. The van der Waals surface area contributed by atoms with Crippen LogP contribution in [0, 0.1) is 18.3 Å². The first-order chi connectivity index (χ1) is 25.3. The van der Waals surface area contributed by atoms with Crippen molar-refractivity contribution in [1.82, 2.24) is 19.8 Å². The fourth-order valence-corrected chi connectivity index (χ4v) is 9.42. The lowest BCUT2D eigenvalue weighted by atomic mass is 9.51. The molecule has 53 heavy (non-hydrogen) atoms. The van der Waals surface area contributed by atoms with Gasteiger partial charge in [0.2, 0.25) is 5.91 Å². The van der Waals surface area contributed by atoms with Crippen molar-refractivity contribution in [2.45, 2.75) is 121 Å². The Kier molecular flexibility index (Phi) is 10.4. The van der Waals surface area contributed by atoms with Crippen LogP contribution in [0.1, 0.15) is 108 Å². The number of amides is 2. The number of oxazole rings is 1. The number of methoxy groups -OCH3 is 1. The topological polar surface area (TPSA) is 101 Å². The summed E-state index contributed by atoms with van der Waals surface area (Å²) < 4.78 is 17.4. The van der Waals surface area contributed by atoms with Gasteiger partial charge in [0.1, 0.15) is 29.6 Å². The zero-order valence-electron chi connectivity index (χ0n) is 33.0. The highest BCUT2D eigenvalue weighted by molar-refractivity contribution is 5.95. The molecule has 286 valence electrons. The largest absolute Gasteiger partial charge is 0.496 e. The number of ether oxygens (including phenoxy) is 2. The number of hydrogen-bond donors (Lipinski definition) is 0. The number of anilines is 1. The van der Waals surface area contributed by atoms with Crippen molar-refractivity contribution in [1.29, 1.82) is 0 Å². The van der Waals surface area contributed by atoms with Gasteiger partial charge in [-0.05, 0) is 132 Å². The van der Waals surface area contributed by atoms with Crippen LogP contribution in [-0.2, 0) is 20.4 Å². The van der Waals surface area contributed by atoms with Crippen LogP contribution in [-0.4, -0.2) is 84.8 Å². The Morgan fingerprint density at radius 1 is 0.981 bits per heavy atom. The third kappa shape index (κ3) is 7.71. The quantitative estimate of drug-likeness (QED) is 0.217. The minimum atomic E-state index is -0.219. The Morgan fingerprint density at radius 3 is 2.30 bits per heavy atom. The normalized spacial score (nSPS) is 27.2. The first-order valence-corrected chi connectivity index (χ1v) is 19.8. The molecule has 0 spiro atoms. The van der Waals surface area contributed by atoms with E-state index in [-0.39, 0.29) is 40.3 Å². The van der Waals surface area contributed by atoms with Crippen LogP contribution >= 0.6 is 0 Å². The molecule has 2 aromatic heterocycles. The fraction of sp³-hybridized carbons (Fsp3) is 0.628. The van der Waals surface area contributed by atoms with Gasteiger partial charge in [0.25, 0.3) is 0 Å². The minimum absolute atomic E-state index is 0.0385. The van der Waals surface area contributed by atoms with E-state index in [9.17, 15) is 9.59 Å². The van der Waals surface area contributed by atoms with Crippen LogP contribution in [0.4, 0.5) is 10.6 Å². The number of nitrogens with zero attached hydrogens (tertiary/aromatic N) is 5. The third-order valence-corrected chi connectivity index (χ3v) is 13.1. The first kappa shape index (κ1) is 37.4. The smallest absolute Gasteiger partial charge is 0.410 e. The van der Waals surface area contributed by atoms with E-state index in [1.807, 2.05) is 21.9 Å². The van der Waals surface area contributed by atoms with Crippen LogP contribution < -0.4 is 9.64 Å². The molecule has 0 radical (unpaired) electrons. The summed E-state index contributed by atoms with van der Waals surface area (Å²) in [6.45, 7) is 10.5. The molecule has 1 atom stereocenters. The molecule has 4 aliphatic carbocycles. The molecule has 2 bridgehead atoms. The van der Waals surface area contributed by atoms with Crippen molar-refractivity contribution in [3.05, 3.63) is 59.8 Å². The van der Waals surface area contributed by atoms with E-state index < -0.39 is 0 Å². The zero-order chi connectivity index (χ0) is 37.5. The number of aryl methyl sites for hydroxylation is 1. The van der Waals surface area contributed by atoms with Crippen molar-refractivity contribution in [2.75, 3.05) is 45.7 Å². The van der Waals surface area contributed by atoms with Crippen LogP contribution in [0.25, 0.3) is 11.3 Å². The zero-order valence-corrected chi connectivity index (χ0v) is 33.0. The second-order valence-corrected chi connectivity index (χ2v) is 17.8. The summed E-state index contributed by atoms with van der Waals surface area (Å²) in [5, 5.41) is 0. The highest BCUT2D eigenvalue weighted by atomic mass is 16.6. The van der Waals surface area contributed by atoms with Gasteiger partial charge in [-0.3, -0.25) is 9.69 Å². The molecule has 3 heterocycles. The molecule has 8 rings (SSSR count). The van der Waals surface area contributed by atoms with Gasteiger partial charge in [0.15, 0.2) is 5.89 Å². The number of likely N-dealkylation sites (tertiary alicyclic amines) is 1. The Labute approximate surface area is 315 Å². The lowest BCUT2D eigenvalue weighted by molar-refractivity contribution is -0.124. The van der Waals surface area contributed by atoms with Gasteiger partial charge < -0.3 is 23.7 Å². The Hall–Kier alpha value is -3.92. The highest BCUT2D eigenvalue weighted by Crippen LogP contribution is 2.58. The maximum absolute atomic E-state index is 14.8. The van der Waals surface area contributed by atoms with Crippen molar-refractivity contribution in [3.8, 4) is 17.0 Å². The van der Waals surface area contributed by atoms with Crippen LogP contribution in [0.2, 0.25) is 0 Å². The number of rotatable bonds is 9. The summed E-state index contributed by atoms with van der Waals surface area (Å²) in [5.74, 6) is 2.27. The van der Waals surface area contributed by atoms with Crippen molar-refractivity contribution >= 4 is 17.8 Å². The monoisotopic (exact) mass is 725 g/mol. The van der Waals surface area contributed by atoms with E-state index in [0.29, 0.717) is 56.5 Å². The van der Waals surface area contributed by atoms with E-state index in [1.54, 1.807) is 19.6 Å². The molecule has 1 unspecified atom stereocenters. The number of fused-ring (bicyclic) bond motifs is 3. The predicted molar refractivity (Wildman–Crippen MR) is 206 cm³/mol. The molecule has 0 N–H and O–H groups in total. The molecule has 1 aliphatic heterocycles. The van der Waals surface area contributed by atoms with E-state index >= 15 is 0 Å². The molecule has 5 fully saturated rings. The van der Waals surface area contributed by atoms with Gasteiger partial charge in [-0.2, -0.15) is 0 Å². The molecule has 1 aromatic carbocycles. The van der Waals surface area contributed by atoms with Gasteiger partial charge in [-0.25, -0.2) is 14.8 Å². The second-order valence-electron chi connectivity index (χ2n) is 17.8. The standard InChI is InChI=1S/C43H59N5O5/c1-29-24-32(10-13-36(29)51-7)43-19-16-42(17-20-43,18-21-43)28-48(37-25-31(14-22-44-37)35-27-52-39(45-35)41(2,3)4)38(49)30-8-11-34(12-9-30)53-40(50)47-23-15-33(26-47)46(5)6/h10,13-14,22,24-25,27,30,33-34H,8-9,11-12,15-21,23,26,28H2,1-7H3/t30-,33?,34-,42?,43?. The fourth-order valence-electron chi connectivity index (χ4n) is 9.42. The number of pyridine rings is 1. The maximum atomic E-state index is 14.8. The molecule has 5 aliphatic rings. The Bertz CT molecular complexity index is 1760. The number of benzene rings is 1. The SMILES string of the molecule is COc1ccc(C23CCC(CN(c4cc(-c5coc(C(C)(C)C)n5)ccn4)C(=O)[C@H]4CC[C@H](OC(=O)N5CCC(N(C)C)C5)CC4)(CC2)CC3)cc1C. The first-order valence-electron chi connectivity index (χ1n) is 19.8. The molecule has 10 heteroatoms. The Balaban J connectivity index is 1.08. The number of carbonyl (C=O) groups is 2. The number of likely N-dealkylation sites (N-methyl/N-ethyl adjacent to an activating group) is 1. The minimum Gasteiger partial charge on any atom is -0.496 e. The second kappa shape index (κ2) is 14.7. The number of hydrogen-bond acceptors (Lipinski definition) is 8. The van der Waals surface area contributed by atoms with E-state index in [2.05, 4.69) is 64.9 Å². The summed E-state index contributed by atoms with van der Waals surface area (Å²) in [6, 6.07) is 11.0. The Morgan fingerprint density at radius 2 is 1.70 bits per heavy atom. The van der Waals surface area contributed by atoms with Crippen LogP contribution in [0.5, 0.6) is 5.75 Å². The number of carbonyl (C=O) groups excluding carboxylic acids is 2. The van der Waals surface area contributed by atoms with E-state index in [0.717, 1.165) is 68.5 Å². The average Bonchev–Trinajstić information content (AvgIpc) is 3.87. The summed E-state index contributed by atoms with van der Waals surface area (Å²) >= 11 is 0. The highest BCUT2D eigenvalue weighted by Gasteiger charge is 2.51. The molecule has 10 nitrogen and oxygen atoms in total. The average molecular weight is 726 g/mol. The van der Waals surface area contributed by atoms with Gasteiger partial charge in [-0.15, -0.1) is 0 Å². The van der Waals surface area contributed by atoms with E-state index in [1.165, 1.54) is 11.1 Å². The van der Waals surface area contributed by atoms with Gasteiger partial charge in [-0.1, -0.05) is 32.9 Å². The molecule has 2 amide bonds. The summed E-state index contributed by atoms with van der Waals surface area (Å²) in [5.41, 5.74) is 4.25. The third-order valence-electron chi connectivity index (χ3n) is 13.1. The van der Waals surface area contributed by atoms with Crippen LogP contribution in [0.15, 0.2) is 47.2 Å². The van der Waals surface area contributed by atoms with Crippen molar-refractivity contribution < 1.29 is 23.5 Å². The number of aromatic nitrogens is 2. The lowest BCUT2D eigenvalue weighted by Crippen LogP contribution is -2.52. The van der Waals surface area contributed by atoms with E-state index in [4.69, 9.17) is 23.9 Å². The van der Waals surface area contributed by atoms with Gasteiger partial charge in [0.05, 0.1) is 7.11 Å². The summed E-state index contributed by atoms with van der Waals surface area (Å²) in [7, 11) is 5.85. The van der Waals surface area contributed by atoms with Gasteiger partial charge >= 0.3 is 6.09 Å². The molecular weight excluding hydrogens is 667 g/mol. The molecule has 1 saturated heterocycles. The summed E-state index contributed by atoms with van der Waals surface area (Å²) in [4.78, 5) is 43.5. The molecular formula is C43H59N5O5. The predicted octanol–water partition coefficient (Wildman–Crippen LogP) is 8.31. The van der Waals surface area contributed by atoms with Crippen molar-refractivity contribution in [3.63, 3.8) is 0 Å². The molecule has 3 aromatic rings. The van der Waals surface area contributed by atoms with Crippen LogP contribution in [0.3, 0.4) is 0 Å². The molecule has 4 saturated carbocycles. The van der Waals surface area contributed by atoms with Crippen molar-refractivity contribution in [2.24, 2.45) is 11.3 Å².